The summed E-state index contributed by atoms with van der Waals surface area (Å²) in [5, 5.41) is 1.21. The molecule has 340 valence electrons. The van der Waals surface area contributed by atoms with Crippen LogP contribution < -0.4 is 14.4 Å². The Bertz CT molecular complexity index is 3580. The lowest BCUT2D eigenvalue weighted by Gasteiger charge is -2.34. The first kappa shape index (κ1) is 43.2. The smallest absolute Gasteiger partial charge is 0.119 e. The Labute approximate surface area is 415 Å². The minimum absolute atomic E-state index is 0.620. The lowest BCUT2D eigenvalue weighted by atomic mass is 9.67. The molecule has 0 N–H and O–H groups in total. The summed E-state index contributed by atoms with van der Waals surface area (Å²) in [6.45, 7) is 0. The first-order valence-corrected chi connectivity index (χ1v) is 24.1. The molecule has 1 aromatic heterocycles. The maximum atomic E-state index is 5.49. The number of anilines is 3. The van der Waals surface area contributed by atoms with Gasteiger partial charge in [-0.05, 0) is 147 Å². The second-order valence-electron chi connectivity index (χ2n) is 18.0. The molecule has 0 fully saturated rings. The SMILES string of the molecule is COc1ccc(N(c2ccc(C=Cc3ccc4c(c3)C(c3ccccc3)(c3ccccc3)c3cc5c(cc3-4)c(-c3ccccc3)c(-c3ccccc3)n5-c3ccccc3)cc2)c2ccc(OC)cc2)cc1. The van der Waals surface area contributed by atoms with E-state index in [-0.39, 0.29) is 0 Å². The fourth-order valence-corrected chi connectivity index (χ4v) is 10.8. The van der Waals surface area contributed by atoms with Crippen LogP contribution in [0, 0.1) is 0 Å². The molecule has 0 radical (unpaired) electrons. The highest BCUT2D eigenvalue weighted by atomic mass is 16.5. The molecule has 0 spiro atoms. The Hall–Kier alpha value is -9.12. The normalized spacial score (nSPS) is 12.4. The van der Waals surface area contributed by atoms with Crippen molar-refractivity contribution in [3.63, 3.8) is 0 Å². The third-order valence-corrected chi connectivity index (χ3v) is 14.1. The van der Waals surface area contributed by atoms with Crippen molar-refractivity contribution in [3.05, 3.63) is 288 Å². The highest BCUT2D eigenvalue weighted by Crippen LogP contribution is 2.58. The van der Waals surface area contributed by atoms with E-state index in [1.165, 1.54) is 61.2 Å². The van der Waals surface area contributed by atoms with Gasteiger partial charge in [0.05, 0.1) is 30.8 Å². The molecule has 12 rings (SSSR count). The summed E-state index contributed by atoms with van der Waals surface area (Å²) in [4.78, 5) is 2.24. The van der Waals surface area contributed by atoms with E-state index in [1.807, 2.05) is 24.3 Å². The van der Waals surface area contributed by atoms with Gasteiger partial charge in [-0.2, -0.15) is 0 Å². The van der Waals surface area contributed by atoms with Crippen LogP contribution >= 0.6 is 0 Å². The zero-order chi connectivity index (χ0) is 47.7. The summed E-state index contributed by atoms with van der Waals surface area (Å²) in [6.07, 6.45) is 4.48. The summed E-state index contributed by atoms with van der Waals surface area (Å²) < 4.78 is 13.5. The van der Waals surface area contributed by atoms with E-state index in [9.17, 15) is 0 Å². The molecule has 0 saturated carbocycles. The van der Waals surface area contributed by atoms with Crippen molar-refractivity contribution >= 4 is 40.1 Å². The number of fused-ring (bicyclic) bond motifs is 4. The van der Waals surface area contributed by atoms with Crippen LogP contribution in [0.25, 0.3) is 62.3 Å². The van der Waals surface area contributed by atoms with E-state index in [1.54, 1.807) is 14.2 Å². The number of benzene rings is 10. The number of rotatable bonds is 12. The van der Waals surface area contributed by atoms with Gasteiger partial charge in [0.15, 0.2) is 0 Å². The predicted octanol–water partition coefficient (Wildman–Crippen LogP) is 17.0. The molecule has 1 aliphatic rings. The molecule has 0 atom stereocenters. The monoisotopic (exact) mass is 914 g/mol. The fraction of sp³-hybridized carbons (Fsp3) is 0.0448. The Morgan fingerprint density at radius 3 is 1.39 bits per heavy atom. The van der Waals surface area contributed by atoms with E-state index in [0.29, 0.717) is 0 Å². The molecule has 0 saturated heterocycles. The van der Waals surface area contributed by atoms with Gasteiger partial charge in [0.1, 0.15) is 11.5 Å². The molecule has 0 bridgehead atoms. The quantitative estimate of drug-likeness (QED) is 0.114. The van der Waals surface area contributed by atoms with E-state index in [2.05, 4.69) is 252 Å². The lowest BCUT2D eigenvalue weighted by molar-refractivity contribution is 0.415. The highest BCUT2D eigenvalue weighted by molar-refractivity contribution is 6.09. The minimum atomic E-state index is -0.620. The highest BCUT2D eigenvalue weighted by Gasteiger charge is 2.47. The van der Waals surface area contributed by atoms with Crippen molar-refractivity contribution < 1.29 is 9.47 Å². The van der Waals surface area contributed by atoms with E-state index in [4.69, 9.17) is 9.47 Å². The predicted molar refractivity (Wildman–Crippen MR) is 295 cm³/mol. The second-order valence-corrected chi connectivity index (χ2v) is 18.0. The van der Waals surface area contributed by atoms with Crippen molar-refractivity contribution in [2.75, 3.05) is 19.1 Å². The minimum Gasteiger partial charge on any atom is -0.497 e. The summed E-state index contributed by atoms with van der Waals surface area (Å²) in [6, 6.07) is 92.0. The van der Waals surface area contributed by atoms with Crippen molar-refractivity contribution in [1.29, 1.82) is 0 Å². The van der Waals surface area contributed by atoms with E-state index in [0.717, 1.165) is 50.9 Å². The number of hydrogen-bond donors (Lipinski definition) is 0. The first-order valence-electron chi connectivity index (χ1n) is 24.1. The first-order chi connectivity index (χ1) is 35.1. The molecule has 0 amide bonds. The van der Waals surface area contributed by atoms with Crippen LogP contribution in [0.1, 0.15) is 33.4 Å². The van der Waals surface area contributed by atoms with Gasteiger partial charge in [-0.15, -0.1) is 0 Å². The van der Waals surface area contributed by atoms with Crippen molar-refractivity contribution in [3.8, 4) is 50.7 Å². The molecule has 11 aromatic rings. The van der Waals surface area contributed by atoms with Crippen LogP contribution in [0.2, 0.25) is 0 Å². The zero-order valence-corrected chi connectivity index (χ0v) is 39.6. The van der Waals surface area contributed by atoms with Crippen LogP contribution in [-0.4, -0.2) is 18.8 Å². The molecule has 71 heavy (non-hydrogen) atoms. The van der Waals surface area contributed by atoms with Crippen LogP contribution in [0.4, 0.5) is 17.1 Å². The van der Waals surface area contributed by atoms with Crippen LogP contribution in [0.15, 0.2) is 255 Å². The molecule has 4 heteroatoms. The van der Waals surface area contributed by atoms with Crippen molar-refractivity contribution in [2.45, 2.75) is 5.41 Å². The summed E-state index contributed by atoms with van der Waals surface area (Å²) in [5.74, 6) is 1.63. The largest absolute Gasteiger partial charge is 0.497 e. The molecular formula is C67H50N2O2. The maximum Gasteiger partial charge on any atom is 0.119 e. The summed E-state index contributed by atoms with van der Waals surface area (Å²) in [7, 11) is 3.39. The number of nitrogens with zero attached hydrogens (tertiary/aromatic N) is 2. The van der Waals surface area contributed by atoms with Gasteiger partial charge >= 0.3 is 0 Å². The van der Waals surface area contributed by atoms with Gasteiger partial charge < -0.3 is 18.9 Å². The fourth-order valence-electron chi connectivity index (χ4n) is 10.8. The van der Waals surface area contributed by atoms with Crippen LogP contribution in [0.5, 0.6) is 11.5 Å². The van der Waals surface area contributed by atoms with Gasteiger partial charge in [-0.3, -0.25) is 0 Å². The summed E-state index contributed by atoms with van der Waals surface area (Å²) in [5.41, 5.74) is 19.2. The van der Waals surface area contributed by atoms with Crippen molar-refractivity contribution in [2.24, 2.45) is 0 Å². The molecular weight excluding hydrogens is 865 g/mol. The molecule has 10 aromatic carbocycles. The van der Waals surface area contributed by atoms with Gasteiger partial charge in [0, 0.05) is 33.7 Å². The molecule has 1 heterocycles. The lowest BCUT2D eigenvalue weighted by Crippen LogP contribution is -2.28. The average molecular weight is 915 g/mol. The maximum absolute atomic E-state index is 5.49. The Balaban J connectivity index is 1.03. The third-order valence-electron chi connectivity index (χ3n) is 14.1. The van der Waals surface area contributed by atoms with Crippen LogP contribution in [0.3, 0.4) is 0 Å². The number of methoxy groups -OCH3 is 2. The van der Waals surface area contributed by atoms with Gasteiger partial charge in [0.25, 0.3) is 0 Å². The average Bonchev–Trinajstić information content (AvgIpc) is 3.93. The zero-order valence-electron chi connectivity index (χ0n) is 39.6. The van der Waals surface area contributed by atoms with Crippen molar-refractivity contribution in [1.82, 2.24) is 4.57 Å². The Morgan fingerprint density at radius 2 is 0.859 bits per heavy atom. The number of ether oxygens (including phenoxy) is 2. The number of hydrogen-bond acceptors (Lipinski definition) is 3. The van der Waals surface area contributed by atoms with E-state index < -0.39 is 5.41 Å². The number of para-hydroxylation sites is 1. The number of aromatic nitrogens is 1. The standard InChI is InChI=1S/C67H50N2O2/c1-70-57-39-35-55(36-40-57)68(56-37-41-58(71-2)42-38-56)54-33-30-47(31-34-54)28-29-48-32-43-59-60-45-61-64(46-63(60)67(62(59)44-48,51-22-12-5-13-23-51)52-24-14-6-15-25-52)69(53-26-16-7-17-27-53)66(50-20-10-4-11-21-50)65(61)49-18-8-3-9-19-49/h3-46H,1-2H3. The summed E-state index contributed by atoms with van der Waals surface area (Å²) >= 11 is 0. The van der Waals surface area contributed by atoms with Gasteiger partial charge in [-0.25, -0.2) is 0 Å². The van der Waals surface area contributed by atoms with E-state index >= 15 is 0 Å². The van der Waals surface area contributed by atoms with Crippen LogP contribution in [-0.2, 0) is 5.41 Å². The Morgan fingerprint density at radius 1 is 0.408 bits per heavy atom. The third kappa shape index (κ3) is 7.58. The van der Waals surface area contributed by atoms with Gasteiger partial charge in [0.2, 0.25) is 0 Å². The topological polar surface area (TPSA) is 26.6 Å². The molecule has 1 aliphatic carbocycles. The molecule has 0 aliphatic heterocycles. The molecule has 0 unspecified atom stereocenters. The second kappa shape index (κ2) is 18.4. The Kier molecular flexibility index (Phi) is 11.2. The molecule has 4 nitrogen and oxygen atoms in total. The van der Waals surface area contributed by atoms with Gasteiger partial charge in [-0.1, -0.05) is 176 Å².